The number of hydrogen-bond donors (Lipinski definition) is 1. The van der Waals surface area contributed by atoms with Gasteiger partial charge in [-0.1, -0.05) is 17.7 Å². The number of nitrogens with zero attached hydrogens (tertiary/aromatic N) is 1. The van der Waals surface area contributed by atoms with E-state index in [0.29, 0.717) is 39.7 Å². The molecule has 4 rings (SSSR count). The second-order valence-corrected chi connectivity index (χ2v) is 7.00. The van der Waals surface area contributed by atoms with Crippen LogP contribution in [-0.4, -0.2) is 31.3 Å². The molecular formula is C23H16ClFN2O4. The van der Waals surface area contributed by atoms with Gasteiger partial charge in [0, 0.05) is 18.2 Å². The Balaban J connectivity index is 1.96. The molecule has 8 heteroatoms. The van der Waals surface area contributed by atoms with Crippen LogP contribution in [0.3, 0.4) is 0 Å². The van der Waals surface area contributed by atoms with Crippen molar-refractivity contribution < 1.29 is 23.1 Å². The third-order valence-corrected chi connectivity index (χ3v) is 5.15. The number of furan rings is 1. The lowest BCUT2D eigenvalue weighted by molar-refractivity contribution is 0.0964. The third kappa shape index (κ3) is 3.64. The largest absolute Gasteiger partial charge is 0.496 e. The van der Waals surface area contributed by atoms with Gasteiger partial charge in [-0.2, -0.15) is 0 Å². The van der Waals surface area contributed by atoms with Crippen molar-refractivity contribution in [1.82, 2.24) is 10.3 Å². The van der Waals surface area contributed by atoms with Gasteiger partial charge in [-0.3, -0.25) is 9.59 Å². The Hall–Kier alpha value is -3.71. The average molecular weight is 439 g/mol. The maximum absolute atomic E-state index is 13.4. The third-order valence-electron chi connectivity index (χ3n) is 4.86. The van der Waals surface area contributed by atoms with Gasteiger partial charge in [-0.15, -0.1) is 0 Å². The summed E-state index contributed by atoms with van der Waals surface area (Å²) in [7, 11) is 2.97. The Morgan fingerprint density at radius 3 is 2.52 bits per heavy atom. The second kappa shape index (κ2) is 8.20. The van der Waals surface area contributed by atoms with Gasteiger partial charge in [0.2, 0.25) is 5.71 Å². The fraction of sp³-hybridized carbons (Fsp3) is 0.0870. The smallest absolute Gasteiger partial charge is 0.255 e. The van der Waals surface area contributed by atoms with E-state index < -0.39 is 11.7 Å². The van der Waals surface area contributed by atoms with Crippen LogP contribution in [-0.2, 0) is 0 Å². The molecule has 2 heterocycles. The van der Waals surface area contributed by atoms with Crippen molar-refractivity contribution >= 4 is 34.9 Å². The van der Waals surface area contributed by atoms with Gasteiger partial charge in [0.15, 0.2) is 6.29 Å². The minimum Gasteiger partial charge on any atom is -0.496 e. The van der Waals surface area contributed by atoms with E-state index in [0.717, 1.165) is 0 Å². The molecule has 0 aliphatic rings. The van der Waals surface area contributed by atoms with Gasteiger partial charge < -0.3 is 14.5 Å². The van der Waals surface area contributed by atoms with Crippen LogP contribution in [0.1, 0.15) is 20.7 Å². The number of halogens is 2. The van der Waals surface area contributed by atoms with Gasteiger partial charge in [-0.25, -0.2) is 9.37 Å². The van der Waals surface area contributed by atoms with E-state index in [4.69, 9.17) is 20.8 Å². The van der Waals surface area contributed by atoms with Crippen LogP contribution in [0.15, 0.2) is 52.9 Å². The second-order valence-electron chi connectivity index (χ2n) is 6.65. The number of fused-ring (bicyclic) bond motifs is 1. The lowest BCUT2D eigenvalue weighted by Crippen LogP contribution is -2.18. The Morgan fingerprint density at radius 2 is 1.87 bits per heavy atom. The number of aromatic nitrogens is 1. The van der Waals surface area contributed by atoms with Crippen molar-refractivity contribution in [3.05, 3.63) is 70.6 Å². The molecule has 0 aliphatic heterocycles. The molecule has 4 aromatic rings. The summed E-state index contributed by atoms with van der Waals surface area (Å²) in [6.45, 7) is 0. The fourth-order valence-corrected chi connectivity index (χ4v) is 3.59. The molecule has 6 nitrogen and oxygen atoms in total. The summed E-state index contributed by atoms with van der Waals surface area (Å²) in [6, 6.07) is 12.3. The van der Waals surface area contributed by atoms with E-state index in [9.17, 15) is 14.0 Å². The molecule has 31 heavy (non-hydrogen) atoms. The lowest BCUT2D eigenvalue weighted by atomic mass is 10.0. The number of nitrogens with one attached hydrogen (secondary N) is 1. The normalized spacial score (nSPS) is 10.8. The van der Waals surface area contributed by atoms with Gasteiger partial charge >= 0.3 is 0 Å². The predicted molar refractivity (Wildman–Crippen MR) is 115 cm³/mol. The summed E-state index contributed by atoms with van der Waals surface area (Å²) in [5.41, 5.74) is 2.41. The minimum absolute atomic E-state index is 0.136. The first kappa shape index (κ1) is 20.6. The van der Waals surface area contributed by atoms with Crippen molar-refractivity contribution in [2.75, 3.05) is 14.2 Å². The highest BCUT2D eigenvalue weighted by atomic mass is 35.5. The van der Waals surface area contributed by atoms with Crippen LogP contribution in [0.25, 0.3) is 33.6 Å². The Bertz CT molecular complexity index is 1320. The van der Waals surface area contributed by atoms with Crippen LogP contribution in [0.4, 0.5) is 4.39 Å². The van der Waals surface area contributed by atoms with Crippen LogP contribution >= 0.6 is 11.6 Å². The van der Waals surface area contributed by atoms with Crippen molar-refractivity contribution in [2.24, 2.45) is 0 Å². The molecule has 0 bridgehead atoms. The molecular weight excluding hydrogens is 423 g/mol. The molecule has 2 aromatic carbocycles. The van der Waals surface area contributed by atoms with E-state index in [1.807, 2.05) is 0 Å². The fourth-order valence-electron chi connectivity index (χ4n) is 3.35. The summed E-state index contributed by atoms with van der Waals surface area (Å²) in [6.07, 6.45) is 0.683. The number of carbonyl (C=O) groups is 2. The highest BCUT2D eigenvalue weighted by Gasteiger charge is 2.24. The first-order chi connectivity index (χ1) is 15.0. The zero-order valence-corrected chi connectivity index (χ0v) is 17.3. The number of carbonyl (C=O) groups excluding carboxylic acids is 2. The lowest BCUT2D eigenvalue weighted by Gasteiger charge is -2.08. The number of hydrogen-bond acceptors (Lipinski definition) is 5. The number of methoxy groups -OCH3 is 1. The molecule has 1 N–H and O–H groups in total. The molecule has 0 aliphatic carbocycles. The molecule has 0 saturated carbocycles. The Morgan fingerprint density at radius 1 is 1.16 bits per heavy atom. The van der Waals surface area contributed by atoms with Crippen LogP contribution in [0, 0.1) is 5.82 Å². The van der Waals surface area contributed by atoms with E-state index in [2.05, 4.69) is 10.3 Å². The summed E-state index contributed by atoms with van der Waals surface area (Å²) in [5, 5.41) is 3.16. The average Bonchev–Trinajstić information content (AvgIpc) is 3.16. The number of amides is 1. The number of aldehydes is 1. The first-order valence-electron chi connectivity index (χ1n) is 9.21. The summed E-state index contributed by atoms with van der Waals surface area (Å²) in [4.78, 5) is 28.4. The quantitative estimate of drug-likeness (QED) is 0.345. The summed E-state index contributed by atoms with van der Waals surface area (Å²) < 4.78 is 24.4. The van der Waals surface area contributed by atoms with E-state index in [1.54, 1.807) is 24.3 Å². The summed E-state index contributed by atoms with van der Waals surface area (Å²) in [5.74, 6) is -0.123. The molecule has 0 fully saturated rings. The number of pyridine rings is 1. The highest BCUT2D eigenvalue weighted by molar-refractivity contribution is 6.32. The Labute approximate surface area is 181 Å². The van der Waals surface area contributed by atoms with Crippen molar-refractivity contribution in [2.45, 2.75) is 0 Å². The van der Waals surface area contributed by atoms with Crippen molar-refractivity contribution in [3.8, 4) is 28.2 Å². The molecule has 1 amide bonds. The van der Waals surface area contributed by atoms with Gasteiger partial charge in [0.1, 0.15) is 22.5 Å². The van der Waals surface area contributed by atoms with Gasteiger partial charge in [0.05, 0.1) is 23.6 Å². The SMILES string of the molecule is CNC(=O)c1c(-c2ccc(F)cc2)oc2nc(Cl)c(-c3ccc(OC)c(C=O)c3)cc12. The first-order valence-corrected chi connectivity index (χ1v) is 9.59. The Kier molecular flexibility index (Phi) is 5.44. The van der Waals surface area contributed by atoms with E-state index in [-0.39, 0.29) is 22.2 Å². The monoisotopic (exact) mass is 438 g/mol. The number of benzene rings is 2. The molecule has 0 atom stereocenters. The molecule has 2 aromatic heterocycles. The predicted octanol–water partition coefficient (Wildman–Crippen LogP) is 5.14. The standard InChI is InChI=1S/C23H16ClFN2O4/c1-26-22(29)19-17-10-16(13-5-8-18(30-2)14(9-13)11-28)21(24)27-23(17)31-20(19)12-3-6-15(25)7-4-12/h3-11H,1-2H3,(H,26,29). The van der Waals surface area contributed by atoms with Crippen molar-refractivity contribution in [3.63, 3.8) is 0 Å². The molecule has 156 valence electrons. The van der Waals surface area contributed by atoms with Crippen LogP contribution < -0.4 is 10.1 Å². The van der Waals surface area contributed by atoms with Crippen LogP contribution in [0.5, 0.6) is 5.75 Å². The molecule has 0 unspecified atom stereocenters. The van der Waals surface area contributed by atoms with Crippen LogP contribution in [0.2, 0.25) is 5.15 Å². The topological polar surface area (TPSA) is 81.4 Å². The zero-order chi connectivity index (χ0) is 22.1. The number of ether oxygens (including phenoxy) is 1. The van der Waals surface area contributed by atoms with Gasteiger partial charge in [-0.05, 0) is 48.0 Å². The minimum atomic E-state index is -0.407. The zero-order valence-electron chi connectivity index (χ0n) is 16.5. The van der Waals surface area contributed by atoms with E-state index >= 15 is 0 Å². The van der Waals surface area contributed by atoms with Gasteiger partial charge in [0.25, 0.3) is 5.91 Å². The maximum Gasteiger partial charge on any atom is 0.255 e. The number of rotatable bonds is 5. The summed E-state index contributed by atoms with van der Waals surface area (Å²) >= 11 is 6.41. The molecule has 0 spiro atoms. The van der Waals surface area contributed by atoms with Crippen molar-refractivity contribution in [1.29, 1.82) is 0 Å². The molecule has 0 radical (unpaired) electrons. The molecule has 0 saturated heterocycles. The highest BCUT2D eigenvalue weighted by Crippen LogP contribution is 2.38. The van der Waals surface area contributed by atoms with E-state index in [1.165, 1.54) is 38.4 Å². The maximum atomic E-state index is 13.4.